The molecule has 0 saturated carbocycles. The maximum atomic E-state index is 13.4. The number of carboxylic acid groups (broad SMARTS) is 1. The Kier molecular flexibility index (Phi) is 4.04. The predicted octanol–water partition coefficient (Wildman–Crippen LogP) is 2.19. The lowest BCUT2D eigenvalue weighted by Gasteiger charge is -2.55. The number of aliphatic hydroxyl groups is 1. The first-order valence-electron chi connectivity index (χ1n) is 8.54. The summed E-state index contributed by atoms with van der Waals surface area (Å²) in [4.78, 5) is 28.0. The van der Waals surface area contributed by atoms with Gasteiger partial charge in [-0.15, -0.1) is 0 Å². The van der Waals surface area contributed by atoms with Crippen LogP contribution >= 0.6 is 0 Å². The van der Waals surface area contributed by atoms with Crippen LogP contribution in [0.25, 0.3) is 0 Å². The number of hydrogen-bond acceptors (Lipinski definition) is 4. The molecule has 0 spiro atoms. The number of ketones is 1. The third-order valence-corrected chi connectivity index (χ3v) is 6.26. The zero-order valence-electron chi connectivity index (χ0n) is 14.4. The summed E-state index contributed by atoms with van der Waals surface area (Å²) >= 11 is 0. The van der Waals surface area contributed by atoms with Gasteiger partial charge in [0.05, 0.1) is 5.60 Å². The highest BCUT2D eigenvalue weighted by molar-refractivity contribution is 6.14. The normalized spacial score (nSPS) is 36.0. The van der Waals surface area contributed by atoms with E-state index in [1.54, 1.807) is 44.2 Å². The van der Waals surface area contributed by atoms with Crippen molar-refractivity contribution in [1.82, 2.24) is 4.90 Å². The fourth-order valence-corrected chi connectivity index (χ4v) is 4.87. The minimum absolute atomic E-state index is 0.124. The summed E-state index contributed by atoms with van der Waals surface area (Å²) in [7, 11) is 1.87. The molecule has 2 aliphatic rings. The molecule has 0 amide bonds. The molecule has 130 valence electrons. The van der Waals surface area contributed by atoms with E-state index in [0.29, 0.717) is 18.4 Å². The molecule has 0 aromatic heterocycles. The summed E-state index contributed by atoms with van der Waals surface area (Å²) in [5.74, 6) is -2.04. The Bertz CT molecular complexity index is 659. The van der Waals surface area contributed by atoms with Crippen LogP contribution in [0.5, 0.6) is 0 Å². The van der Waals surface area contributed by atoms with E-state index >= 15 is 0 Å². The van der Waals surface area contributed by atoms with Gasteiger partial charge >= 0.3 is 5.97 Å². The Balaban J connectivity index is 2.25. The van der Waals surface area contributed by atoms with Crippen LogP contribution in [0.1, 0.15) is 43.5 Å². The number of aliphatic carboxylic acids is 1. The summed E-state index contributed by atoms with van der Waals surface area (Å²) in [5.41, 5.74) is -3.06. The number of fused-ring (bicyclic) bond motifs is 2. The fourth-order valence-electron chi connectivity index (χ4n) is 4.87. The van der Waals surface area contributed by atoms with Crippen molar-refractivity contribution in [3.05, 3.63) is 35.9 Å². The molecule has 0 unspecified atom stereocenters. The van der Waals surface area contributed by atoms with Gasteiger partial charge in [-0.1, -0.05) is 44.2 Å². The largest absolute Gasteiger partial charge is 0.480 e. The predicted molar refractivity (Wildman–Crippen MR) is 89.8 cm³/mol. The molecule has 2 bridgehead atoms. The smallest absolute Gasteiger partial charge is 0.322 e. The average molecular weight is 331 g/mol. The fraction of sp³-hybridized carbons (Fsp3) is 0.579. The summed E-state index contributed by atoms with van der Waals surface area (Å²) in [6.07, 6.45) is 1.73. The van der Waals surface area contributed by atoms with Crippen molar-refractivity contribution in [3.63, 3.8) is 0 Å². The van der Waals surface area contributed by atoms with E-state index in [4.69, 9.17) is 0 Å². The van der Waals surface area contributed by atoms with Gasteiger partial charge in [0, 0.05) is 17.6 Å². The second kappa shape index (κ2) is 5.67. The maximum Gasteiger partial charge on any atom is 0.322 e. The highest BCUT2D eigenvalue weighted by Gasteiger charge is 2.72. The molecule has 3 rings (SSSR count). The van der Waals surface area contributed by atoms with E-state index in [1.807, 2.05) is 11.9 Å². The lowest BCUT2D eigenvalue weighted by Crippen LogP contribution is -2.72. The summed E-state index contributed by atoms with van der Waals surface area (Å²) in [5, 5.41) is 21.8. The zero-order chi connectivity index (χ0) is 17.7. The van der Waals surface area contributed by atoms with E-state index in [0.717, 1.165) is 6.42 Å². The highest BCUT2D eigenvalue weighted by Crippen LogP contribution is 2.56. The Hall–Kier alpha value is -1.72. The molecule has 5 heteroatoms. The molecule has 2 saturated heterocycles. The van der Waals surface area contributed by atoms with Crippen LogP contribution in [0.3, 0.4) is 0 Å². The molecule has 0 radical (unpaired) electrons. The van der Waals surface area contributed by atoms with Gasteiger partial charge in [0.2, 0.25) is 0 Å². The lowest BCUT2D eigenvalue weighted by molar-refractivity contribution is -0.192. The molecule has 2 aliphatic heterocycles. The van der Waals surface area contributed by atoms with Crippen LogP contribution in [0.15, 0.2) is 30.3 Å². The molecule has 1 aromatic rings. The van der Waals surface area contributed by atoms with E-state index < -0.39 is 28.8 Å². The van der Waals surface area contributed by atoms with Gasteiger partial charge in [0.25, 0.3) is 0 Å². The van der Waals surface area contributed by atoms with Crippen LogP contribution in [-0.2, 0) is 4.79 Å². The van der Waals surface area contributed by atoms with E-state index in [1.165, 1.54) is 0 Å². The van der Waals surface area contributed by atoms with Crippen LogP contribution in [0, 0.1) is 11.3 Å². The Morgan fingerprint density at radius 1 is 1.21 bits per heavy atom. The zero-order valence-corrected chi connectivity index (χ0v) is 14.4. The van der Waals surface area contributed by atoms with E-state index in [9.17, 15) is 19.8 Å². The molecule has 0 aliphatic carbocycles. The molecule has 4 atom stereocenters. The third kappa shape index (κ3) is 2.01. The van der Waals surface area contributed by atoms with Crippen LogP contribution < -0.4 is 0 Å². The third-order valence-electron chi connectivity index (χ3n) is 6.26. The molecule has 5 nitrogen and oxygen atoms in total. The van der Waals surface area contributed by atoms with Crippen LogP contribution in [-0.4, -0.2) is 51.6 Å². The summed E-state index contributed by atoms with van der Waals surface area (Å²) in [6, 6.07) is 8.14. The first-order valence-corrected chi connectivity index (χ1v) is 8.54. The van der Waals surface area contributed by atoms with Crippen molar-refractivity contribution in [2.45, 2.75) is 50.8 Å². The SMILES string of the molecule is CC(C)[C@@]1(O)C[C@@H]2CC[C@@H](N2C)[C@]1(C(=O)O)C(=O)c1ccccc1. The topological polar surface area (TPSA) is 77.8 Å². The monoisotopic (exact) mass is 331 g/mol. The van der Waals surface area contributed by atoms with E-state index in [-0.39, 0.29) is 12.0 Å². The van der Waals surface area contributed by atoms with Crippen molar-refractivity contribution in [2.24, 2.45) is 11.3 Å². The van der Waals surface area contributed by atoms with Crippen molar-refractivity contribution < 1.29 is 19.8 Å². The number of nitrogens with zero attached hydrogens (tertiary/aromatic N) is 1. The molecular formula is C19H25NO4. The molecule has 2 fully saturated rings. The quantitative estimate of drug-likeness (QED) is 0.653. The second-order valence-corrected chi connectivity index (χ2v) is 7.50. The maximum absolute atomic E-state index is 13.4. The number of carbonyl (C=O) groups excluding carboxylic acids is 1. The van der Waals surface area contributed by atoms with Crippen LogP contribution in [0.2, 0.25) is 0 Å². The molecule has 2 N–H and O–H groups in total. The van der Waals surface area contributed by atoms with Crippen LogP contribution in [0.4, 0.5) is 0 Å². The minimum Gasteiger partial charge on any atom is -0.480 e. The van der Waals surface area contributed by atoms with Gasteiger partial charge in [-0.2, -0.15) is 0 Å². The summed E-state index contributed by atoms with van der Waals surface area (Å²) in [6.45, 7) is 3.61. The number of carbonyl (C=O) groups is 2. The number of piperidine rings is 1. The van der Waals surface area contributed by atoms with Gasteiger partial charge in [0.15, 0.2) is 11.2 Å². The second-order valence-electron chi connectivity index (χ2n) is 7.50. The lowest BCUT2D eigenvalue weighted by atomic mass is 9.56. The van der Waals surface area contributed by atoms with Gasteiger partial charge in [-0.05, 0) is 32.2 Å². The number of rotatable bonds is 4. The highest BCUT2D eigenvalue weighted by atomic mass is 16.4. The minimum atomic E-state index is -1.84. The average Bonchev–Trinajstić information content (AvgIpc) is 2.81. The van der Waals surface area contributed by atoms with Crippen molar-refractivity contribution >= 4 is 11.8 Å². The Morgan fingerprint density at radius 2 is 1.83 bits per heavy atom. The first-order chi connectivity index (χ1) is 11.3. The molecule has 1 aromatic carbocycles. The van der Waals surface area contributed by atoms with Crippen molar-refractivity contribution in [2.75, 3.05) is 7.05 Å². The Morgan fingerprint density at radius 3 is 2.38 bits per heavy atom. The first kappa shape index (κ1) is 17.1. The standard InChI is InChI=1S/C19H25NO4/c1-12(2)18(24)11-14-9-10-15(20(14)3)19(18,17(22)23)16(21)13-7-5-4-6-8-13/h4-8,12,14-15,24H,9-11H2,1-3H3,(H,22,23)/t14-,15+,18-,19+/m0/s1. The van der Waals surface area contributed by atoms with Gasteiger partial charge in [0.1, 0.15) is 0 Å². The Labute approximate surface area is 142 Å². The summed E-state index contributed by atoms with van der Waals surface area (Å²) < 4.78 is 0. The number of Topliss-reactive ketones (excluding diaryl/α,β-unsaturated/α-hetero) is 1. The van der Waals surface area contributed by atoms with Crippen molar-refractivity contribution in [3.8, 4) is 0 Å². The van der Waals surface area contributed by atoms with Gasteiger partial charge < -0.3 is 10.2 Å². The number of benzene rings is 1. The molecule has 24 heavy (non-hydrogen) atoms. The van der Waals surface area contributed by atoms with E-state index in [2.05, 4.69) is 0 Å². The molecular weight excluding hydrogens is 306 g/mol. The van der Waals surface area contributed by atoms with Gasteiger partial charge in [-0.3, -0.25) is 14.5 Å². The number of hydrogen-bond donors (Lipinski definition) is 2. The number of carboxylic acids is 1. The molecule has 2 heterocycles. The van der Waals surface area contributed by atoms with Crippen molar-refractivity contribution in [1.29, 1.82) is 0 Å². The van der Waals surface area contributed by atoms with Gasteiger partial charge in [-0.25, -0.2) is 0 Å².